The van der Waals surface area contributed by atoms with Crippen LogP contribution in [0.3, 0.4) is 0 Å². The minimum atomic E-state index is -4.64. The number of halogens is 3. The van der Waals surface area contributed by atoms with Crippen molar-refractivity contribution in [3.8, 4) is 5.75 Å². The van der Waals surface area contributed by atoms with Crippen LogP contribution in [0.2, 0.25) is 0 Å². The number of amides is 1. The number of hydroxylamine groups is 1. The Balaban J connectivity index is 2.94. The van der Waals surface area contributed by atoms with E-state index in [1.165, 1.54) is 17.6 Å². The lowest BCUT2D eigenvalue weighted by atomic mass is 10.1. The molecule has 0 saturated carbocycles. The van der Waals surface area contributed by atoms with Gasteiger partial charge in [0.25, 0.3) is 11.6 Å². The zero-order valence-electron chi connectivity index (χ0n) is 10.1. The van der Waals surface area contributed by atoms with Crippen molar-refractivity contribution in [2.45, 2.75) is 6.18 Å². The van der Waals surface area contributed by atoms with Gasteiger partial charge in [0.2, 0.25) is 0 Å². The minimum Gasteiger partial charge on any atom is -0.496 e. The fraction of sp³-hybridized carbons (Fsp3) is 0.300. The average Bonchev–Trinajstić information content (AvgIpc) is 2.35. The number of ether oxygens (including phenoxy) is 1. The second kappa shape index (κ2) is 6.19. The molecule has 110 valence electrons. The summed E-state index contributed by atoms with van der Waals surface area (Å²) in [6.07, 6.45) is -4.64. The summed E-state index contributed by atoms with van der Waals surface area (Å²) >= 11 is 0. The quantitative estimate of drug-likeness (QED) is 0.660. The van der Waals surface area contributed by atoms with E-state index in [9.17, 15) is 28.1 Å². The number of rotatable bonds is 5. The number of hydrogen-bond donors (Lipinski definition) is 1. The molecule has 1 N–H and O–H groups in total. The van der Waals surface area contributed by atoms with E-state index in [0.717, 1.165) is 13.2 Å². The Labute approximate surface area is 110 Å². The first kappa shape index (κ1) is 15.7. The van der Waals surface area contributed by atoms with E-state index in [0.29, 0.717) is 0 Å². The summed E-state index contributed by atoms with van der Waals surface area (Å²) in [6, 6.07) is 3.54. The largest absolute Gasteiger partial charge is 0.496 e. The third-order valence-electron chi connectivity index (χ3n) is 2.05. The number of carbonyl (C=O) groups is 1. The van der Waals surface area contributed by atoms with E-state index >= 15 is 0 Å². The molecule has 0 spiro atoms. The third kappa shape index (κ3) is 4.09. The van der Waals surface area contributed by atoms with E-state index < -0.39 is 34.9 Å². The summed E-state index contributed by atoms with van der Waals surface area (Å²) < 4.78 is 40.3. The molecule has 0 aliphatic carbocycles. The number of nitro benzene ring substituents is 1. The van der Waals surface area contributed by atoms with Crippen LogP contribution >= 0.6 is 0 Å². The average molecular weight is 294 g/mol. The molecule has 0 fully saturated rings. The van der Waals surface area contributed by atoms with Gasteiger partial charge >= 0.3 is 6.18 Å². The predicted molar refractivity (Wildman–Crippen MR) is 59.1 cm³/mol. The van der Waals surface area contributed by atoms with E-state index in [1.54, 1.807) is 0 Å². The smallest absolute Gasteiger partial charge is 0.414 e. The number of nitrogens with zero attached hydrogens (tertiary/aromatic N) is 1. The van der Waals surface area contributed by atoms with Crippen LogP contribution in [0.5, 0.6) is 5.75 Å². The van der Waals surface area contributed by atoms with E-state index in [1.807, 2.05) is 0 Å². The zero-order valence-corrected chi connectivity index (χ0v) is 10.1. The van der Waals surface area contributed by atoms with Gasteiger partial charge in [-0.15, -0.1) is 0 Å². The second-order valence-corrected chi connectivity index (χ2v) is 3.45. The summed E-state index contributed by atoms with van der Waals surface area (Å²) in [5.74, 6) is -1.37. The van der Waals surface area contributed by atoms with Crippen LogP contribution < -0.4 is 10.2 Å². The van der Waals surface area contributed by atoms with Crippen molar-refractivity contribution in [1.82, 2.24) is 5.48 Å². The van der Waals surface area contributed by atoms with Crippen LogP contribution in [0.15, 0.2) is 18.2 Å². The monoisotopic (exact) mass is 294 g/mol. The molecule has 0 atom stereocenters. The molecule has 20 heavy (non-hydrogen) atoms. The predicted octanol–water partition coefficient (Wildman–Crippen LogP) is 1.83. The lowest BCUT2D eigenvalue weighted by molar-refractivity contribution is -0.385. The fourth-order valence-corrected chi connectivity index (χ4v) is 1.30. The molecule has 0 heterocycles. The van der Waals surface area contributed by atoms with Gasteiger partial charge in [0.15, 0.2) is 12.2 Å². The standard InChI is InChI=1S/C10H9F3N2O5/c1-19-7-4-2-3-6(15(17)18)8(7)9(16)14-20-5-10(11,12)13/h2-4H,5H2,1H3,(H,14,16). The highest BCUT2D eigenvalue weighted by atomic mass is 19.4. The highest BCUT2D eigenvalue weighted by molar-refractivity contribution is 6.00. The Kier molecular flexibility index (Phi) is 4.86. The highest BCUT2D eigenvalue weighted by Gasteiger charge is 2.30. The maximum absolute atomic E-state index is 11.9. The SMILES string of the molecule is COc1cccc([N+](=O)[O-])c1C(=O)NOCC(F)(F)F. The normalized spacial score (nSPS) is 11.0. The van der Waals surface area contributed by atoms with Gasteiger partial charge in [-0.2, -0.15) is 13.2 Å². The second-order valence-electron chi connectivity index (χ2n) is 3.45. The van der Waals surface area contributed by atoms with Crippen LogP contribution in [0.1, 0.15) is 10.4 Å². The third-order valence-corrected chi connectivity index (χ3v) is 2.05. The maximum atomic E-state index is 11.9. The number of benzene rings is 1. The molecule has 1 rings (SSSR count). The summed E-state index contributed by atoms with van der Waals surface area (Å²) in [6.45, 7) is -1.72. The van der Waals surface area contributed by atoms with Crippen molar-refractivity contribution in [3.63, 3.8) is 0 Å². The van der Waals surface area contributed by atoms with Crippen LogP contribution in [-0.2, 0) is 4.84 Å². The van der Waals surface area contributed by atoms with E-state index in [4.69, 9.17) is 4.74 Å². The fourth-order valence-electron chi connectivity index (χ4n) is 1.30. The number of methoxy groups -OCH3 is 1. The molecular weight excluding hydrogens is 285 g/mol. The summed E-state index contributed by atoms with van der Waals surface area (Å²) in [5.41, 5.74) is 0.343. The van der Waals surface area contributed by atoms with Gasteiger partial charge in [0.1, 0.15) is 5.75 Å². The van der Waals surface area contributed by atoms with Gasteiger partial charge in [-0.05, 0) is 6.07 Å². The molecule has 1 amide bonds. The summed E-state index contributed by atoms with van der Waals surface area (Å²) in [4.78, 5) is 25.5. The van der Waals surface area contributed by atoms with Crippen molar-refractivity contribution in [3.05, 3.63) is 33.9 Å². The van der Waals surface area contributed by atoms with E-state index in [2.05, 4.69) is 4.84 Å². The number of nitrogens with one attached hydrogen (secondary N) is 1. The Bertz CT molecular complexity index is 518. The van der Waals surface area contributed by atoms with Gasteiger partial charge in [0.05, 0.1) is 12.0 Å². The number of nitro groups is 1. The number of alkyl halides is 3. The van der Waals surface area contributed by atoms with Crippen LogP contribution in [-0.4, -0.2) is 30.7 Å². The summed E-state index contributed by atoms with van der Waals surface area (Å²) in [5, 5.41) is 10.8. The van der Waals surface area contributed by atoms with Crippen LogP contribution in [0.4, 0.5) is 18.9 Å². The lowest BCUT2D eigenvalue weighted by Crippen LogP contribution is -2.30. The molecule has 1 aromatic rings. The van der Waals surface area contributed by atoms with Crippen molar-refractivity contribution in [2.75, 3.05) is 13.7 Å². The number of carbonyl (C=O) groups excluding carboxylic acids is 1. The molecule has 0 aromatic heterocycles. The van der Waals surface area contributed by atoms with Crippen LogP contribution in [0.25, 0.3) is 0 Å². The Morgan fingerprint density at radius 1 is 1.45 bits per heavy atom. The Morgan fingerprint density at radius 3 is 2.60 bits per heavy atom. The molecule has 7 nitrogen and oxygen atoms in total. The molecule has 0 unspecified atom stereocenters. The lowest BCUT2D eigenvalue weighted by Gasteiger charge is -2.10. The Morgan fingerprint density at radius 2 is 2.10 bits per heavy atom. The Hall–Kier alpha value is -2.36. The first-order valence-electron chi connectivity index (χ1n) is 5.06. The maximum Gasteiger partial charge on any atom is 0.414 e. The van der Waals surface area contributed by atoms with Crippen molar-refractivity contribution in [2.24, 2.45) is 0 Å². The first-order chi connectivity index (χ1) is 9.26. The van der Waals surface area contributed by atoms with E-state index in [-0.39, 0.29) is 5.75 Å². The van der Waals surface area contributed by atoms with Crippen molar-refractivity contribution >= 4 is 11.6 Å². The minimum absolute atomic E-state index is 0.160. The highest BCUT2D eigenvalue weighted by Crippen LogP contribution is 2.28. The molecule has 0 radical (unpaired) electrons. The van der Waals surface area contributed by atoms with Crippen molar-refractivity contribution < 1.29 is 32.5 Å². The van der Waals surface area contributed by atoms with Gasteiger partial charge in [0, 0.05) is 6.07 Å². The van der Waals surface area contributed by atoms with Crippen molar-refractivity contribution in [1.29, 1.82) is 0 Å². The molecule has 0 aliphatic rings. The topological polar surface area (TPSA) is 90.7 Å². The first-order valence-corrected chi connectivity index (χ1v) is 5.06. The number of hydrogen-bond acceptors (Lipinski definition) is 5. The van der Waals surface area contributed by atoms with Gasteiger partial charge in [-0.25, -0.2) is 5.48 Å². The zero-order chi connectivity index (χ0) is 15.3. The molecule has 1 aromatic carbocycles. The van der Waals surface area contributed by atoms with Gasteiger partial charge < -0.3 is 4.74 Å². The van der Waals surface area contributed by atoms with Crippen LogP contribution in [0, 0.1) is 10.1 Å². The van der Waals surface area contributed by atoms with Gasteiger partial charge in [-0.3, -0.25) is 19.7 Å². The molecule has 10 heteroatoms. The van der Waals surface area contributed by atoms with Gasteiger partial charge in [-0.1, -0.05) is 6.07 Å². The molecule has 0 bridgehead atoms. The molecular formula is C10H9F3N2O5. The molecule has 0 saturated heterocycles. The summed E-state index contributed by atoms with van der Waals surface area (Å²) in [7, 11) is 1.16. The molecule has 0 aliphatic heterocycles.